The number of esters is 1. The third-order valence-corrected chi connectivity index (χ3v) is 1.69. The molecule has 0 aliphatic carbocycles. The molecular weight excluding hydrogens is 192 g/mol. The lowest BCUT2D eigenvalue weighted by atomic mass is 10.1. The van der Waals surface area contributed by atoms with E-state index in [4.69, 9.17) is 4.74 Å². The summed E-state index contributed by atoms with van der Waals surface area (Å²) < 4.78 is 4.79. The van der Waals surface area contributed by atoms with E-state index in [1.165, 1.54) is 0 Å². The first-order valence-electron chi connectivity index (χ1n) is 4.68. The van der Waals surface area contributed by atoms with Gasteiger partial charge in [-0.15, -0.1) is 0 Å². The molecule has 3 nitrogen and oxygen atoms in total. The fourth-order valence-electron chi connectivity index (χ4n) is 0.782. The van der Waals surface area contributed by atoms with E-state index in [1.54, 1.807) is 32.1 Å². The quantitative estimate of drug-likeness (QED) is 0.381. The number of ether oxygens (including phenoxy) is 1. The SMILES string of the molecule is C=C/C=C(\C=C)COC(=O)C(=O)C(C)C. The third-order valence-electron chi connectivity index (χ3n) is 1.69. The molecule has 3 heteroatoms. The summed E-state index contributed by atoms with van der Waals surface area (Å²) in [6.07, 6.45) is 4.78. The molecule has 0 radical (unpaired) electrons. The molecule has 0 aliphatic rings. The van der Waals surface area contributed by atoms with Crippen molar-refractivity contribution in [1.82, 2.24) is 0 Å². The van der Waals surface area contributed by atoms with Crippen molar-refractivity contribution < 1.29 is 14.3 Å². The molecule has 0 fully saturated rings. The highest BCUT2D eigenvalue weighted by Crippen LogP contribution is 2.01. The lowest BCUT2D eigenvalue weighted by molar-refractivity contribution is -0.154. The Morgan fingerprint density at radius 1 is 1.33 bits per heavy atom. The van der Waals surface area contributed by atoms with Gasteiger partial charge in [-0.2, -0.15) is 0 Å². The minimum absolute atomic E-state index is 0.0484. The number of ketones is 1. The second-order valence-corrected chi connectivity index (χ2v) is 3.28. The Morgan fingerprint density at radius 3 is 2.33 bits per heavy atom. The molecule has 0 N–H and O–H groups in total. The van der Waals surface area contributed by atoms with Crippen LogP contribution < -0.4 is 0 Å². The second kappa shape index (κ2) is 6.76. The summed E-state index contributed by atoms with van der Waals surface area (Å²) in [5.74, 6) is -1.66. The lowest BCUT2D eigenvalue weighted by Gasteiger charge is -2.05. The molecule has 0 saturated heterocycles. The Bertz CT molecular complexity index is 298. The zero-order valence-corrected chi connectivity index (χ0v) is 9.16. The predicted octanol–water partition coefficient (Wildman–Crippen LogP) is 2.05. The number of rotatable bonds is 6. The van der Waals surface area contributed by atoms with E-state index in [-0.39, 0.29) is 12.5 Å². The van der Waals surface area contributed by atoms with Gasteiger partial charge in [0.1, 0.15) is 6.61 Å². The summed E-state index contributed by atoms with van der Waals surface area (Å²) in [5, 5.41) is 0. The van der Waals surface area contributed by atoms with Crippen LogP contribution in [0.15, 0.2) is 37.0 Å². The van der Waals surface area contributed by atoms with Gasteiger partial charge in [0.15, 0.2) is 0 Å². The highest BCUT2D eigenvalue weighted by molar-refractivity contribution is 6.34. The number of carbonyl (C=O) groups excluding carboxylic acids is 2. The average Bonchev–Trinajstić information content (AvgIpc) is 2.22. The highest BCUT2D eigenvalue weighted by atomic mass is 16.5. The average molecular weight is 208 g/mol. The maximum Gasteiger partial charge on any atom is 0.375 e. The van der Waals surface area contributed by atoms with Crippen molar-refractivity contribution in [3.8, 4) is 0 Å². The van der Waals surface area contributed by atoms with Crippen molar-refractivity contribution in [2.24, 2.45) is 5.92 Å². The molecule has 0 aromatic carbocycles. The van der Waals surface area contributed by atoms with Crippen molar-refractivity contribution in [2.45, 2.75) is 13.8 Å². The van der Waals surface area contributed by atoms with Gasteiger partial charge in [-0.3, -0.25) is 4.79 Å². The molecule has 0 amide bonds. The molecule has 0 atom stereocenters. The fourth-order valence-corrected chi connectivity index (χ4v) is 0.782. The molecule has 82 valence electrons. The Kier molecular flexibility index (Phi) is 6.02. The zero-order valence-electron chi connectivity index (χ0n) is 9.16. The lowest BCUT2D eigenvalue weighted by Crippen LogP contribution is -2.22. The van der Waals surface area contributed by atoms with Crippen LogP contribution in [0.25, 0.3) is 0 Å². The smallest absolute Gasteiger partial charge is 0.375 e. The molecule has 0 heterocycles. The molecule has 0 aromatic heterocycles. The van der Waals surface area contributed by atoms with Crippen LogP contribution in [-0.2, 0) is 14.3 Å². The van der Waals surface area contributed by atoms with Crippen LogP contribution in [0.4, 0.5) is 0 Å². The van der Waals surface area contributed by atoms with Gasteiger partial charge < -0.3 is 4.74 Å². The largest absolute Gasteiger partial charge is 0.455 e. The zero-order chi connectivity index (χ0) is 11.8. The monoisotopic (exact) mass is 208 g/mol. The highest BCUT2D eigenvalue weighted by Gasteiger charge is 2.18. The molecule has 0 aliphatic heterocycles. The topological polar surface area (TPSA) is 43.4 Å². The summed E-state index contributed by atoms with van der Waals surface area (Å²) >= 11 is 0. The Labute approximate surface area is 90.1 Å². The van der Waals surface area contributed by atoms with Crippen LogP contribution in [0.2, 0.25) is 0 Å². The molecular formula is C12H16O3. The summed E-state index contributed by atoms with van der Waals surface area (Å²) in [4.78, 5) is 22.3. The van der Waals surface area contributed by atoms with E-state index < -0.39 is 11.8 Å². The van der Waals surface area contributed by atoms with Crippen molar-refractivity contribution in [3.63, 3.8) is 0 Å². The first-order valence-corrected chi connectivity index (χ1v) is 4.68. The summed E-state index contributed by atoms with van der Waals surface area (Å²) in [7, 11) is 0. The van der Waals surface area contributed by atoms with E-state index in [0.717, 1.165) is 0 Å². The number of hydrogen-bond acceptors (Lipinski definition) is 3. The maximum absolute atomic E-state index is 11.2. The van der Waals surface area contributed by atoms with E-state index in [9.17, 15) is 9.59 Å². The number of carbonyl (C=O) groups is 2. The minimum atomic E-state index is -0.804. The molecule has 0 bridgehead atoms. The third kappa shape index (κ3) is 4.96. The normalized spacial score (nSPS) is 11.0. The van der Waals surface area contributed by atoms with Crippen LogP contribution in [0.3, 0.4) is 0 Å². The number of allylic oxidation sites excluding steroid dienone is 2. The standard InChI is InChI=1S/C12H16O3/c1-5-7-10(6-2)8-15-12(14)11(13)9(3)4/h5-7,9H,1-2,8H2,3-4H3/b10-7+. The van der Waals surface area contributed by atoms with Crippen LogP contribution in [-0.4, -0.2) is 18.4 Å². The van der Waals surface area contributed by atoms with Gasteiger partial charge in [0, 0.05) is 5.92 Å². The van der Waals surface area contributed by atoms with Crippen LogP contribution in [0.1, 0.15) is 13.8 Å². The van der Waals surface area contributed by atoms with Crippen molar-refractivity contribution in [2.75, 3.05) is 6.61 Å². The molecule has 0 spiro atoms. The van der Waals surface area contributed by atoms with Gasteiger partial charge in [0.25, 0.3) is 0 Å². The van der Waals surface area contributed by atoms with Gasteiger partial charge in [-0.1, -0.05) is 45.2 Å². The first-order chi connectivity index (χ1) is 7.02. The van der Waals surface area contributed by atoms with Crippen LogP contribution in [0.5, 0.6) is 0 Å². The van der Waals surface area contributed by atoms with E-state index >= 15 is 0 Å². The summed E-state index contributed by atoms with van der Waals surface area (Å²) in [6, 6.07) is 0. The van der Waals surface area contributed by atoms with Gasteiger partial charge in [0.05, 0.1) is 0 Å². The summed E-state index contributed by atoms with van der Waals surface area (Å²) in [5.41, 5.74) is 0.704. The van der Waals surface area contributed by atoms with Crippen LogP contribution >= 0.6 is 0 Å². The van der Waals surface area contributed by atoms with Gasteiger partial charge in [-0.05, 0) is 5.57 Å². The van der Waals surface area contributed by atoms with Crippen molar-refractivity contribution in [1.29, 1.82) is 0 Å². The van der Waals surface area contributed by atoms with Gasteiger partial charge in [0.2, 0.25) is 5.78 Å². The molecule has 0 saturated carbocycles. The first kappa shape index (κ1) is 13.4. The molecule has 0 unspecified atom stereocenters. The van der Waals surface area contributed by atoms with Crippen molar-refractivity contribution >= 4 is 11.8 Å². The molecule has 15 heavy (non-hydrogen) atoms. The predicted molar refractivity (Wildman–Crippen MR) is 59.3 cm³/mol. The van der Waals surface area contributed by atoms with Gasteiger partial charge >= 0.3 is 5.97 Å². The number of Topliss-reactive ketones (excluding diaryl/α,β-unsaturated/α-hetero) is 1. The molecule has 0 aromatic rings. The van der Waals surface area contributed by atoms with Crippen LogP contribution in [0, 0.1) is 5.92 Å². The maximum atomic E-state index is 11.2. The minimum Gasteiger partial charge on any atom is -0.455 e. The number of hydrogen-bond donors (Lipinski definition) is 0. The summed E-state index contributed by atoms with van der Waals surface area (Å²) in [6.45, 7) is 10.4. The Morgan fingerprint density at radius 2 is 1.93 bits per heavy atom. The second-order valence-electron chi connectivity index (χ2n) is 3.28. The fraction of sp³-hybridized carbons (Fsp3) is 0.333. The van der Waals surface area contributed by atoms with E-state index in [0.29, 0.717) is 5.57 Å². The van der Waals surface area contributed by atoms with E-state index in [2.05, 4.69) is 13.2 Å². The van der Waals surface area contributed by atoms with E-state index in [1.807, 2.05) is 0 Å². The Hall–Kier alpha value is -1.64. The Balaban J connectivity index is 4.21. The molecule has 0 rings (SSSR count). The van der Waals surface area contributed by atoms with Crippen molar-refractivity contribution in [3.05, 3.63) is 37.0 Å². The van der Waals surface area contributed by atoms with Gasteiger partial charge in [-0.25, -0.2) is 4.79 Å².